The Morgan fingerprint density at radius 2 is 1.35 bits per heavy atom. The molecule has 4 nitrogen and oxygen atoms in total. The van der Waals surface area contributed by atoms with E-state index in [4.69, 9.17) is 0 Å². The first-order chi connectivity index (χ1) is 12.6. The summed E-state index contributed by atoms with van der Waals surface area (Å²) in [7, 11) is 4.09. The first-order valence-electron chi connectivity index (χ1n) is 8.63. The smallest absolute Gasteiger partial charge is 0.117 e. The van der Waals surface area contributed by atoms with Crippen LogP contribution in [0.4, 0.5) is 0 Å². The Hall–Kier alpha value is -3.40. The van der Waals surface area contributed by atoms with Crippen molar-refractivity contribution >= 4 is 21.8 Å². The number of fused-ring (bicyclic) bond motifs is 2. The van der Waals surface area contributed by atoms with Gasteiger partial charge in [0.05, 0.1) is 5.52 Å². The zero-order valence-corrected chi connectivity index (χ0v) is 14.7. The molecule has 0 aliphatic rings. The van der Waals surface area contributed by atoms with Crippen LogP contribution in [0.5, 0.6) is 5.75 Å². The zero-order valence-electron chi connectivity index (χ0n) is 14.7. The van der Waals surface area contributed by atoms with Crippen LogP contribution in [0.3, 0.4) is 0 Å². The van der Waals surface area contributed by atoms with E-state index in [1.54, 1.807) is 6.07 Å². The predicted molar refractivity (Wildman–Crippen MR) is 106 cm³/mol. The number of hydrogen-bond acceptors (Lipinski definition) is 1. The minimum absolute atomic E-state index is 0.286. The summed E-state index contributed by atoms with van der Waals surface area (Å²) < 4.78 is 4.23. The molecule has 2 aromatic carbocycles. The number of hydrogen-bond donors (Lipinski definition) is 2. The molecule has 5 aromatic rings. The third kappa shape index (κ3) is 2.02. The molecule has 128 valence electrons. The predicted octanol–water partition coefficient (Wildman–Crippen LogP) is 5.04. The zero-order chi connectivity index (χ0) is 17.8. The van der Waals surface area contributed by atoms with Crippen LogP contribution in [-0.4, -0.2) is 19.2 Å². The molecule has 2 N–H and O–H groups in total. The van der Waals surface area contributed by atoms with Crippen molar-refractivity contribution in [1.29, 1.82) is 0 Å². The van der Waals surface area contributed by atoms with E-state index in [-0.39, 0.29) is 5.75 Å². The van der Waals surface area contributed by atoms with Gasteiger partial charge in [-0.2, -0.15) is 0 Å². The summed E-state index contributed by atoms with van der Waals surface area (Å²) in [5.41, 5.74) is 6.96. The molecule has 26 heavy (non-hydrogen) atoms. The summed E-state index contributed by atoms with van der Waals surface area (Å²) >= 11 is 0. The Bertz CT molecular complexity index is 1270. The fourth-order valence-corrected chi connectivity index (χ4v) is 3.95. The average Bonchev–Trinajstić information content (AvgIpc) is 3.32. The van der Waals surface area contributed by atoms with Crippen LogP contribution >= 0.6 is 0 Å². The quantitative estimate of drug-likeness (QED) is 0.464. The Kier molecular flexibility index (Phi) is 3.04. The van der Waals surface area contributed by atoms with Gasteiger partial charge in [-0.15, -0.1) is 0 Å². The normalized spacial score (nSPS) is 11.6. The van der Waals surface area contributed by atoms with Crippen molar-refractivity contribution in [2.45, 2.75) is 0 Å². The standard InChI is InChI=1S/C22H19N3O/c1-24-12-19(15-5-3-4-6-21(15)24)17-10-23-11-18(17)20-13-25(2)22-9-14(26)7-8-16(20)22/h3-13,23,26H,1-2H3. The van der Waals surface area contributed by atoms with Crippen LogP contribution in [0.1, 0.15) is 0 Å². The summed E-state index contributed by atoms with van der Waals surface area (Å²) in [4.78, 5) is 3.29. The number of phenolic OH excluding ortho intramolecular Hbond substituents is 1. The molecule has 4 heteroatoms. The number of aromatic nitrogens is 3. The lowest BCUT2D eigenvalue weighted by atomic mass is 9.98. The van der Waals surface area contributed by atoms with E-state index >= 15 is 0 Å². The molecule has 0 aliphatic heterocycles. The summed E-state index contributed by atoms with van der Waals surface area (Å²) in [6, 6.07) is 14.0. The van der Waals surface area contributed by atoms with E-state index in [2.05, 4.69) is 70.2 Å². The van der Waals surface area contributed by atoms with Gasteiger partial charge in [0.2, 0.25) is 0 Å². The van der Waals surface area contributed by atoms with Crippen molar-refractivity contribution in [3.05, 3.63) is 67.3 Å². The number of H-pyrrole nitrogens is 1. The monoisotopic (exact) mass is 341 g/mol. The number of rotatable bonds is 2. The Morgan fingerprint density at radius 1 is 0.731 bits per heavy atom. The maximum Gasteiger partial charge on any atom is 0.117 e. The number of nitrogens with zero attached hydrogens (tertiary/aromatic N) is 2. The van der Waals surface area contributed by atoms with E-state index in [0.29, 0.717) is 0 Å². The highest BCUT2D eigenvalue weighted by Crippen LogP contribution is 2.40. The molecule has 0 saturated carbocycles. The largest absolute Gasteiger partial charge is 0.508 e. The van der Waals surface area contributed by atoms with Gasteiger partial charge in [0.15, 0.2) is 0 Å². The van der Waals surface area contributed by atoms with Gasteiger partial charge in [0.1, 0.15) is 5.75 Å². The van der Waals surface area contributed by atoms with Gasteiger partial charge in [-0.3, -0.25) is 0 Å². The summed E-state index contributed by atoms with van der Waals surface area (Å²) in [6.07, 6.45) is 8.44. The fraction of sp³-hybridized carbons (Fsp3) is 0.0909. The first-order valence-corrected chi connectivity index (χ1v) is 8.63. The van der Waals surface area contributed by atoms with E-state index in [9.17, 15) is 5.11 Å². The topological polar surface area (TPSA) is 45.9 Å². The lowest BCUT2D eigenvalue weighted by Crippen LogP contribution is -1.82. The molecule has 5 rings (SSSR count). The van der Waals surface area contributed by atoms with Crippen molar-refractivity contribution in [3.8, 4) is 28.0 Å². The molecule has 0 atom stereocenters. The lowest BCUT2D eigenvalue weighted by molar-refractivity contribution is 0.476. The van der Waals surface area contributed by atoms with Gasteiger partial charge in [-0.05, 0) is 18.2 Å². The van der Waals surface area contributed by atoms with E-state index in [1.165, 1.54) is 22.0 Å². The molecule has 0 bridgehead atoms. The Morgan fingerprint density at radius 3 is 2.08 bits per heavy atom. The fourth-order valence-electron chi connectivity index (χ4n) is 3.95. The molecule has 0 radical (unpaired) electrons. The molecule has 0 aliphatic carbocycles. The van der Waals surface area contributed by atoms with Crippen LogP contribution in [0, 0.1) is 0 Å². The number of phenols is 1. The second-order valence-corrected chi connectivity index (χ2v) is 6.81. The first kappa shape index (κ1) is 14.9. The van der Waals surface area contributed by atoms with Crippen LogP contribution in [-0.2, 0) is 14.1 Å². The third-order valence-electron chi connectivity index (χ3n) is 5.20. The number of nitrogens with one attached hydrogen (secondary N) is 1. The molecule has 0 fully saturated rings. The van der Waals surface area contributed by atoms with Crippen LogP contribution in [0.25, 0.3) is 44.1 Å². The molecular formula is C22H19N3O. The Balaban J connectivity index is 1.79. The molecule has 3 heterocycles. The molecule has 0 spiro atoms. The van der Waals surface area contributed by atoms with Crippen molar-refractivity contribution in [1.82, 2.24) is 14.1 Å². The van der Waals surface area contributed by atoms with E-state index in [1.807, 2.05) is 19.2 Å². The maximum atomic E-state index is 9.83. The van der Waals surface area contributed by atoms with Crippen LogP contribution < -0.4 is 0 Å². The minimum atomic E-state index is 0.286. The summed E-state index contributed by atoms with van der Waals surface area (Å²) in [6.45, 7) is 0. The minimum Gasteiger partial charge on any atom is -0.508 e. The molecule has 0 saturated heterocycles. The van der Waals surface area contributed by atoms with Gasteiger partial charge in [0, 0.05) is 83.5 Å². The summed E-state index contributed by atoms with van der Waals surface area (Å²) in [5.74, 6) is 0.286. The van der Waals surface area contributed by atoms with Gasteiger partial charge in [-0.25, -0.2) is 0 Å². The van der Waals surface area contributed by atoms with E-state index < -0.39 is 0 Å². The number of aryl methyl sites for hydroxylation is 2. The van der Waals surface area contributed by atoms with Gasteiger partial charge in [0.25, 0.3) is 0 Å². The highest BCUT2D eigenvalue weighted by atomic mass is 16.3. The lowest BCUT2D eigenvalue weighted by Gasteiger charge is -2.03. The number of benzene rings is 2. The highest BCUT2D eigenvalue weighted by molar-refractivity contribution is 6.04. The molecular weight excluding hydrogens is 322 g/mol. The van der Waals surface area contributed by atoms with Crippen molar-refractivity contribution in [2.24, 2.45) is 14.1 Å². The Labute approximate surface area is 150 Å². The van der Waals surface area contributed by atoms with Crippen molar-refractivity contribution in [2.75, 3.05) is 0 Å². The summed E-state index contributed by atoms with van der Waals surface area (Å²) in [5, 5.41) is 12.2. The number of aromatic hydroxyl groups is 1. The SMILES string of the molecule is Cn1cc(-c2c[nH]cc2-c2cn(C)c3cc(O)ccc23)c2ccccc21. The van der Waals surface area contributed by atoms with Crippen LogP contribution in [0.15, 0.2) is 67.3 Å². The van der Waals surface area contributed by atoms with E-state index in [0.717, 1.165) is 22.0 Å². The van der Waals surface area contributed by atoms with Gasteiger partial charge < -0.3 is 19.2 Å². The van der Waals surface area contributed by atoms with Gasteiger partial charge >= 0.3 is 0 Å². The molecule has 3 aromatic heterocycles. The van der Waals surface area contributed by atoms with Crippen LogP contribution in [0.2, 0.25) is 0 Å². The number of aromatic amines is 1. The maximum absolute atomic E-state index is 9.83. The molecule has 0 amide bonds. The number of para-hydroxylation sites is 1. The van der Waals surface area contributed by atoms with Crippen molar-refractivity contribution < 1.29 is 5.11 Å². The second kappa shape index (κ2) is 5.30. The highest BCUT2D eigenvalue weighted by Gasteiger charge is 2.17. The third-order valence-corrected chi connectivity index (χ3v) is 5.20. The van der Waals surface area contributed by atoms with Gasteiger partial charge in [-0.1, -0.05) is 18.2 Å². The molecule has 0 unspecified atom stereocenters. The van der Waals surface area contributed by atoms with Crippen molar-refractivity contribution in [3.63, 3.8) is 0 Å². The second-order valence-electron chi connectivity index (χ2n) is 6.81. The average molecular weight is 341 g/mol.